The maximum absolute atomic E-state index is 12.5. The van der Waals surface area contributed by atoms with E-state index in [0.29, 0.717) is 19.6 Å². The van der Waals surface area contributed by atoms with E-state index >= 15 is 0 Å². The number of methoxy groups -OCH3 is 1. The van der Waals surface area contributed by atoms with Crippen LogP contribution in [0.3, 0.4) is 0 Å². The Bertz CT molecular complexity index is 409. The van der Waals surface area contributed by atoms with Crippen molar-refractivity contribution in [2.75, 3.05) is 58.7 Å². The number of ether oxygens (including phenoxy) is 1. The normalized spacial score (nSPS) is 30.5. The van der Waals surface area contributed by atoms with Gasteiger partial charge in [0.1, 0.15) is 0 Å². The standard InChI is InChI=1S/C13H27N3O3S/c1-13(19-2)4-3-7-16(12-13)20(17,18)11-10-15-8-5-14-6-9-15/h14H,3-12H2,1-2H3. The summed E-state index contributed by atoms with van der Waals surface area (Å²) in [5, 5.41) is 3.28. The van der Waals surface area contributed by atoms with E-state index in [1.807, 2.05) is 6.92 Å². The molecule has 2 aliphatic heterocycles. The maximum atomic E-state index is 12.5. The zero-order chi connectivity index (χ0) is 14.6. The lowest BCUT2D eigenvalue weighted by atomic mass is 9.96. The Morgan fingerprint density at radius 3 is 2.60 bits per heavy atom. The van der Waals surface area contributed by atoms with Crippen LogP contribution in [0.15, 0.2) is 0 Å². The number of piperidine rings is 1. The minimum absolute atomic E-state index is 0.215. The molecule has 0 spiro atoms. The second-order valence-electron chi connectivity index (χ2n) is 6.00. The van der Waals surface area contributed by atoms with Crippen LogP contribution in [-0.2, 0) is 14.8 Å². The monoisotopic (exact) mass is 305 g/mol. The molecular weight excluding hydrogens is 278 g/mol. The Labute approximate surface area is 122 Å². The molecule has 2 aliphatic rings. The number of nitrogens with zero attached hydrogens (tertiary/aromatic N) is 2. The summed E-state index contributed by atoms with van der Waals surface area (Å²) in [6.45, 7) is 7.50. The summed E-state index contributed by atoms with van der Waals surface area (Å²) in [5.41, 5.74) is -0.333. The van der Waals surface area contributed by atoms with Crippen molar-refractivity contribution in [1.29, 1.82) is 0 Å². The van der Waals surface area contributed by atoms with Gasteiger partial charge >= 0.3 is 0 Å². The van der Waals surface area contributed by atoms with E-state index in [-0.39, 0.29) is 11.4 Å². The molecule has 6 nitrogen and oxygen atoms in total. The third kappa shape index (κ3) is 4.14. The average Bonchev–Trinajstić information content (AvgIpc) is 2.46. The van der Waals surface area contributed by atoms with Gasteiger partial charge in [-0.3, -0.25) is 4.90 Å². The largest absolute Gasteiger partial charge is 0.377 e. The number of hydrogen-bond acceptors (Lipinski definition) is 5. The van der Waals surface area contributed by atoms with Gasteiger partial charge in [-0.15, -0.1) is 0 Å². The summed E-state index contributed by atoms with van der Waals surface area (Å²) in [4.78, 5) is 2.22. The van der Waals surface area contributed by atoms with Gasteiger partial charge in [0.25, 0.3) is 0 Å². The van der Waals surface area contributed by atoms with E-state index in [2.05, 4.69) is 10.2 Å². The molecule has 0 aromatic heterocycles. The van der Waals surface area contributed by atoms with Gasteiger partial charge < -0.3 is 10.1 Å². The SMILES string of the molecule is COC1(C)CCCN(S(=O)(=O)CCN2CCNCC2)C1. The van der Waals surface area contributed by atoms with Crippen molar-refractivity contribution in [3.8, 4) is 0 Å². The fourth-order valence-electron chi connectivity index (χ4n) is 2.87. The number of nitrogens with one attached hydrogen (secondary N) is 1. The highest BCUT2D eigenvalue weighted by Gasteiger charge is 2.36. The molecule has 0 radical (unpaired) electrons. The lowest BCUT2D eigenvalue weighted by molar-refractivity contribution is -0.0319. The molecule has 0 saturated carbocycles. The number of rotatable bonds is 5. The minimum Gasteiger partial charge on any atom is -0.377 e. The third-order valence-electron chi connectivity index (χ3n) is 4.39. The molecule has 118 valence electrons. The van der Waals surface area contributed by atoms with E-state index in [0.717, 1.165) is 39.0 Å². The van der Waals surface area contributed by atoms with Crippen LogP contribution >= 0.6 is 0 Å². The van der Waals surface area contributed by atoms with Crippen LogP contribution in [0.4, 0.5) is 0 Å². The minimum atomic E-state index is -3.17. The predicted octanol–water partition coefficient (Wildman–Crippen LogP) is -0.278. The summed E-state index contributed by atoms with van der Waals surface area (Å²) in [6, 6.07) is 0. The Balaban J connectivity index is 1.88. The first kappa shape index (κ1) is 16.2. The fraction of sp³-hybridized carbons (Fsp3) is 1.00. The lowest BCUT2D eigenvalue weighted by Crippen LogP contribution is -2.51. The number of hydrogen-bond donors (Lipinski definition) is 1. The molecular formula is C13H27N3O3S. The van der Waals surface area contributed by atoms with E-state index < -0.39 is 10.0 Å². The molecule has 1 atom stereocenters. The third-order valence-corrected chi connectivity index (χ3v) is 6.18. The topological polar surface area (TPSA) is 61.9 Å². The first-order chi connectivity index (χ1) is 9.45. The van der Waals surface area contributed by atoms with Crippen LogP contribution in [0.1, 0.15) is 19.8 Å². The molecule has 2 fully saturated rings. The lowest BCUT2D eigenvalue weighted by Gasteiger charge is -2.39. The van der Waals surface area contributed by atoms with Crippen LogP contribution in [0.5, 0.6) is 0 Å². The summed E-state index contributed by atoms with van der Waals surface area (Å²) in [7, 11) is -1.51. The summed E-state index contributed by atoms with van der Waals surface area (Å²) in [5.74, 6) is 0.215. The molecule has 1 N–H and O–H groups in total. The first-order valence-electron chi connectivity index (χ1n) is 7.41. The maximum Gasteiger partial charge on any atom is 0.215 e. The molecule has 2 rings (SSSR count). The quantitative estimate of drug-likeness (QED) is 0.757. The average molecular weight is 305 g/mol. The van der Waals surface area contributed by atoms with Gasteiger partial charge in [0.05, 0.1) is 11.4 Å². The Hall–Kier alpha value is -0.210. The van der Waals surface area contributed by atoms with Crippen molar-refractivity contribution in [3.05, 3.63) is 0 Å². The van der Waals surface area contributed by atoms with Crippen LogP contribution in [0, 0.1) is 0 Å². The summed E-state index contributed by atoms with van der Waals surface area (Å²) in [6.07, 6.45) is 1.80. The van der Waals surface area contributed by atoms with E-state index in [4.69, 9.17) is 4.74 Å². The van der Waals surface area contributed by atoms with Gasteiger partial charge in [-0.05, 0) is 19.8 Å². The Morgan fingerprint density at radius 1 is 1.25 bits per heavy atom. The van der Waals surface area contributed by atoms with Crippen molar-refractivity contribution in [2.24, 2.45) is 0 Å². The number of sulfonamides is 1. The highest BCUT2D eigenvalue weighted by Crippen LogP contribution is 2.25. The zero-order valence-corrected chi connectivity index (χ0v) is 13.4. The van der Waals surface area contributed by atoms with E-state index in [9.17, 15) is 8.42 Å². The van der Waals surface area contributed by atoms with Crippen LogP contribution in [0.25, 0.3) is 0 Å². The van der Waals surface area contributed by atoms with Crippen molar-refractivity contribution in [1.82, 2.24) is 14.5 Å². The predicted molar refractivity (Wildman–Crippen MR) is 79.3 cm³/mol. The van der Waals surface area contributed by atoms with Crippen LogP contribution < -0.4 is 5.32 Å². The van der Waals surface area contributed by atoms with Gasteiger partial charge in [-0.1, -0.05) is 0 Å². The second kappa shape index (κ2) is 6.70. The molecule has 1 unspecified atom stereocenters. The Morgan fingerprint density at radius 2 is 1.95 bits per heavy atom. The first-order valence-corrected chi connectivity index (χ1v) is 9.02. The molecule has 0 amide bonds. The van der Waals surface area contributed by atoms with Gasteiger partial charge in [0.2, 0.25) is 10.0 Å². The molecule has 0 bridgehead atoms. The molecule has 7 heteroatoms. The highest BCUT2D eigenvalue weighted by molar-refractivity contribution is 7.89. The second-order valence-corrected chi connectivity index (χ2v) is 8.09. The van der Waals surface area contributed by atoms with Crippen molar-refractivity contribution in [2.45, 2.75) is 25.4 Å². The molecule has 2 saturated heterocycles. The van der Waals surface area contributed by atoms with Crippen LogP contribution in [-0.4, -0.2) is 81.9 Å². The molecule has 0 aromatic carbocycles. The van der Waals surface area contributed by atoms with Crippen molar-refractivity contribution < 1.29 is 13.2 Å². The van der Waals surface area contributed by atoms with Gasteiger partial charge in [0, 0.05) is 52.9 Å². The molecule has 20 heavy (non-hydrogen) atoms. The zero-order valence-electron chi connectivity index (χ0n) is 12.6. The van der Waals surface area contributed by atoms with Crippen molar-refractivity contribution >= 4 is 10.0 Å². The van der Waals surface area contributed by atoms with Crippen molar-refractivity contribution in [3.63, 3.8) is 0 Å². The van der Waals surface area contributed by atoms with Gasteiger partial charge in [-0.2, -0.15) is 4.31 Å². The van der Waals surface area contributed by atoms with E-state index in [1.165, 1.54) is 0 Å². The van der Waals surface area contributed by atoms with Crippen LogP contribution in [0.2, 0.25) is 0 Å². The smallest absolute Gasteiger partial charge is 0.215 e. The molecule has 0 aliphatic carbocycles. The fourth-order valence-corrected chi connectivity index (χ4v) is 4.50. The summed E-state index contributed by atoms with van der Waals surface area (Å²) >= 11 is 0. The van der Waals surface area contributed by atoms with Gasteiger partial charge in [0.15, 0.2) is 0 Å². The van der Waals surface area contributed by atoms with E-state index in [1.54, 1.807) is 11.4 Å². The molecule has 2 heterocycles. The highest BCUT2D eigenvalue weighted by atomic mass is 32.2. The Kier molecular flexibility index (Phi) is 5.42. The van der Waals surface area contributed by atoms with Gasteiger partial charge in [-0.25, -0.2) is 8.42 Å². The summed E-state index contributed by atoms with van der Waals surface area (Å²) < 4.78 is 32.0. The molecule has 0 aromatic rings. The number of piperazine rings is 1.